The molecule has 0 unspecified atom stereocenters. The third-order valence-corrected chi connectivity index (χ3v) is 6.78. The largest absolute Gasteiger partial charge is 0.573 e. The SMILES string of the molecule is Cc1ccc(OCc2ccc(-c3ccc(OC(F)(F)F)cc3)cc2C)c(-c2cccc(-n3ncc(C(=O)O)c3C(F)(F)F)n2)c1. The van der Waals surface area contributed by atoms with E-state index in [9.17, 15) is 36.2 Å². The van der Waals surface area contributed by atoms with Crippen molar-refractivity contribution >= 4 is 5.97 Å². The van der Waals surface area contributed by atoms with E-state index < -0.39 is 29.8 Å². The Morgan fingerprint density at radius 3 is 2.24 bits per heavy atom. The quantitative estimate of drug-likeness (QED) is 0.174. The van der Waals surface area contributed by atoms with Gasteiger partial charge in [0.2, 0.25) is 0 Å². The molecule has 0 aliphatic rings. The van der Waals surface area contributed by atoms with Gasteiger partial charge in [0.15, 0.2) is 11.5 Å². The van der Waals surface area contributed by atoms with Crippen molar-refractivity contribution in [3.8, 4) is 39.7 Å². The second kappa shape index (κ2) is 12.0. The lowest BCUT2D eigenvalue weighted by molar-refractivity contribution is -0.274. The fraction of sp³-hybridized carbons (Fsp3) is 0.156. The number of carbonyl (C=O) groups is 1. The molecule has 2 aromatic heterocycles. The third kappa shape index (κ3) is 7.08. The van der Waals surface area contributed by atoms with Crippen LogP contribution in [0.4, 0.5) is 26.3 Å². The third-order valence-electron chi connectivity index (χ3n) is 6.78. The molecule has 0 radical (unpaired) electrons. The number of nitrogens with zero attached hydrogens (tertiary/aromatic N) is 3. The van der Waals surface area contributed by atoms with Crippen molar-refractivity contribution in [3.05, 3.63) is 113 Å². The summed E-state index contributed by atoms with van der Waals surface area (Å²) in [4.78, 5) is 15.8. The molecule has 0 saturated heterocycles. The maximum Gasteiger partial charge on any atom is 0.573 e. The molecule has 0 amide bonds. The first-order chi connectivity index (χ1) is 21.2. The van der Waals surface area contributed by atoms with E-state index in [4.69, 9.17) is 4.74 Å². The molecule has 0 saturated carbocycles. The molecule has 0 bridgehead atoms. The molecule has 3 aromatic carbocycles. The number of benzene rings is 3. The number of aromatic nitrogens is 3. The molecule has 1 N–H and O–H groups in total. The lowest BCUT2D eigenvalue weighted by atomic mass is 10.00. The molecule has 2 heterocycles. The van der Waals surface area contributed by atoms with Crippen LogP contribution in [0, 0.1) is 13.8 Å². The zero-order valence-electron chi connectivity index (χ0n) is 23.6. The Bertz CT molecular complexity index is 1860. The topological polar surface area (TPSA) is 86.5 Å². The van der Waals surface area contributed by atoms with Crippen LogP contribution in [0.25, 0.3) is 28.2 Å². The van der Waals surface area contributed by atoms with E-state index >= 15 is 0 Å². The minimum Gasteiger partial charge on any atom is -0.488 e. The number of carboxylic acid groups (broad SMARTS) is 1. The molecular formula is C32H23F6N3O4. The maximum atomic E-state index is 13.8. The number of aryl methyl sites for hydroxylation is 2. The van der Waals surface area contributed by atoms with E-state index in [0.29, 0.717) is 27.8 Å². The van der Waals surface area contributed by atoms with E-state index in [2.05, 4.69) is 14.8 Å². The lowest BCUT2D eigenvalue weighted by Crippen LogP contribution is -2.18. The summed E-state index contributed by atoms with van der Waals surface area (Å²) in [6.45, 7) is 3.81. The second-order valence-electron chi connectivity index (χ2n) is 10.0. The van der Waals surface area contributed by atoms with Crippen LogP contribution in [0.1, 0.15) is 32.7 Å². The van der Waals surface area contributed by atoms with Crippen molar-refractivity contribution in [2.24, 2.45) is 0 Å². The summed E-state index contributed by atoms with van der Waals surface area (Å²) in [5.74, 6) is -1.92. The van der Waals surface area contributed by atoms with Crippen LogP contribution in [0.5, 0.6) is 11.5 Å². The van der Waals surface area contributed by atoms with Crippen LogP contribution >= 0.6 is 0 Å². The minimum absolute atomic E-state index is 0.125. The van der Waals surface area contributed by atoms with Crippen molar-refractivity contribution in [2.45, 2.75) is 33.0 Å². The number of pyridine rings is 1. The predicted molar refractivity (Wildman–Crippen MR) is 151 cm³/mol. The molecule has 0 aliphatic carbocycles. The average Bonchev–Trinajstić information content (AvgIpc) is 3.44. The normalized spacial score (nSPS) is 11.8. The van der Waals surface area contributed by atoms with Gasteiger partial charge >= 0.3 is 18.5 Å². The molecule has 232 valence electrons. The van der Waals surface area contributed by atoms with Gasteiger partial charge in [-0.3, -0.25) is 0 Å². The van der Waals surface area contributed by atoms with E-state index in [-0.39, 0.29) is 23.9 Å². The van der Waals surface area contributed by atoms with Crippen LogP contribution in [0.2, 0.25) is 0 Å². The zero-order chi connectivity index (χ0) is 32.5. The smallest absolute Gasteiger partial charge is 0.488 e. The van der Waals surface area contributed by atoms with E-state index in [1.165, 1.54) is 36.4 Å². The number of ether oxygens (including phenoxy) is 2. The van der Waals surface area contributed by atoms with Crippen molar-refractivity contribution in [1.29, 1.82) is 0 Å². The Morgan fingerprint density at radius 2 is 1.60 bits per heavy atom. The summed E-state index contributed by atoms with van der Waals surface area (Å²) in [5, 5.41) is 12.9. The average molecular weight is 628 g/mol. The summed E-state index contributed by atoms with van der Waals surface area (Å²) < 4.78 is 89.3. The molecule has 45 heavy (non-hydrogen) atoms. The van der Waals surface area contributed by atoms with Crippen LogP contribution in [-0.4, -0.2) is 32.2 Å². The molecule has 0 spiro atoms. The number of alkyl halides is 6. The summed E-state index contributed by atoms with van der Waals surface area (Å²) in [6, 6.07) is 20.7. The molecule has 0 fully saturated rings. The highest BCUT2D eigenvalue weighted by atomic mass is 19.4. The number of aromatic carboxylic acids is 1. The van der Waals surface area contributed by atoms with Crippen molar-refractivity contribution < 1.29 is 45.7 Å². The summed E-state index contributed by atoms with van der Waals surface area (Å²) in [5.41, 5.74) is 2.28. The van der Waals surface area contributed by atoms with Gasteiger partial charge in [-0.15, -0.1) is 13.2 Å². The molecule has 5 aromatic rings. The van der Waals surface area contributed by atoms with Crippen molar-refractivity contribution in [3.63, 3.8) is 0 Å². The Kier molecular flexibility index (Phi) is 8.28. The fourth-order valence-corrected chi connectivity index (χ4v) is 4.65. The molecular weight excluding hydrogens is 604 g/mol. The van der Waals surface area contributed by atoms with Crippen LogP contribution < -0.4 is 9.47 Å². The lowest BCUT2D eigenvalue weighted by Gasteiger charge is -2.15. The van der Waals surface area contributed by atoms with Gasteiger partial charge in [-0.25, -0.2) is 14.5 Å². The predicted octanol–water partition coefficient (Wildman–Crippen LogP) is 8.41. The van der Waals surface area contributed by atoms with Crippen molar-refractivity contribution in [2.75, 3.05) is 0 Å². The van der Waals surface area contributed by atoms with Gasteiger partial charge < -0.3 is 14.6 Å². The monoisotopic (exact) mass is 627 g/mol. The Morgan fingerprint density at radius 1 is 0.889 bits per heavy atom. The Hall–Kier alpha value is -5.33. The first-order valence-electron chi connectivity index (χ1n) is 13.2. The zero-order valence-corrected chi connectivity index (χ0v) is 23.6. The first kappa shape index (κ1) is 31.1. The standard InChI is InChI=1S/C32H23F6N3O4/c1-18-6-13-27(44-17-22-8-7-21(15-19(22)2)20-9-11-23(12-10-20)45-32(36,37)38)24(14-18)26-4-3-5-28(40-26)41-29(31(33,34)35)25(16-39-41)30(42)43/h3-16H,17H2,1-2H3,(H,42,43). The van der Waals surface area contributed by atoms with Crippen LogP contribution in [-0.2, 0) is 12.8 Å². The van der Waals surface area contributed by atoms with E-state index in [1.54, 1.807) is 30.3 Å². The number of rotatable bonds is 8. The Balaban J connectivity index is 1.40. The highest BCUT2D eigenvalue weighted by Gasteiger charge is 2.41. The van der Waals surface area contributed by atoms with Gasteiger partial charge in [-0.1, -0.05) is 48.0 Å². The Labute approximate surface area is 252 Å². The van der Waals surface area contributed by atoms with Gasteiger partial charge in [0, 0.05) is 5.56 Å². The van der Waals surface area contributed by atoms with Crippen LogP contribution in [0.3, 0.4) is 0 Å². The molecule has 5 rings (SSSR count). The van der Waals surface area contributed by atoms with Gasteiger partial charge in [-0.2, -0.15) is 18.3 Å². The highest BCUT2D eigenvalue weighted by molar-refractivity contribution is 5.89. The molecule has 7 nitrogen and oxygen atoms in total. The van der Waals surface area contributed by atoms with E-state index in [1.807, 2.05) is 26.0 Å². The summed E-state index contributed by atoms with van der Waals surface area (Å²) in [6.07, 6.45) is -9.15. The summed E-state index contributed by atoms with van der Waals surface area (Å²) >= 11 is 0. The summed E-state index contributed by atoms with van der Waals surface area (Å²) in [7, 11) is 0. The maximum absolute atomic E-state index is 13.8. The minimum atomic E-state index is -5.00. The van der Waals surface area contributed by atoms with Gasteiger partial charge in [0.05, 0.1) is 11.9 Å². The van der Waals surface area contributed by atoms with E-state index in [0.717, 1.165) is 22.3 Å². The van der Waals surface area contributed by atoms with Gasteiger partial charge in [-0.05, 0) is 72.5 Å². The highest BCUT2D eigenvalue weighted by Crippen LogP contribution is 2.35. The number of carboxylic acids is 1. The molecule has 13 heteroatoms. The van der Waals surface area contributed by atoms with Crippen molar-refractivity contribution in [1.82, 2.24) is 14.8 Å². The number of halogens is 6. The van der Waals surface area contributed by atoms with Gasteiger partial charge in [0.25, 0.3) is 0 Å². The number of hydrogen-bond donors (Lipinski definition) is 1. The van der Waals surface area contributed by atoms with Gasteiger partial charge in [0.1, 0.15) is 23.7 Å². The first-order valence-corrected chi connectivity index (χ1v) is 13.2. The molecule has 0 aliphatic heterocycles. The number of hydrogen-bond acceptors (Lipinski definition) is 5. The fourth-order valence-electron chi connectivity index (χ4n) is 4.65. The van der Waals surface area contributed by atoms with Crippen LogP contribution in [0.15, 0.2) is 85.1 Å². The molecule has 0 atom stereocenters. The second-order valence-corrected chi connectivity index (χ2v) is 10.0.